The fraction of sp³-hybridized carbons (Fsp3) is 0.765. The molecule has 1 aromatic rings. The molecule has 0 radical (unpaired) electrons. The maximum atomic E-state index is 13.4. The van der Waals surface area contributed by atoms with Crippen LogP contribution in [0.1, 0.15) is 48.8 Å². The van der Waals surface area contributed by atoms with Gasteiger partial charge in [-0.1, -0.05) is 12.1 Å². The molecule has 0 spiro atoms. The second kappa shape index (κ2) is 6.30. The van der Waals surface area contributed by atoms with Crippen molar-refractivity contribution < 1.29 is 14.2 Å². The standard InChI is InChI=1S/C17H24N4O3S/c1-3-17(16(23)20-6-8-25-9-7-20)10-12-4-5-13(17)21(12)15(22)14-11(2)18-24-19-14/h12-13H,3-10H2,1-2H3/t12-,13+,17+/m0/s1. The van der Waals surface area contributed by atoms with Crippen LogP contribution < -0.4 is 0 Å². The number of carbonyl (C=O) groups is 2. The van der Waals surface area contributed by atoms with Crippen molar-refractivity contribution in [3.63, 3.8) is 0 Å². The van der Waals surface area contributed by atoms with Crippen LogP contribution in [-0.2, 0) is 4.79 Å². The Labute approximate surface area is 151 Å². The maximum Gasteiger partial charge on any atom is 0.278 e. The molecule has 4 heterocycles. The van der Waals surface area contributed by atoms with Crippen molar-refractivity contribution >= 4 is 23.6 Å². The summed E-state index contributed by atoms with van der Waals surface area (Å²) in [7, 11) is 0. The van der Waals surface area contributed by atoms with Crippen LogP contribution in [0.15, 0.2) is 4.63 Å². The molecule has 3 aliphatic rings. The first-order chi connectivity index (χ1) is 12.1. The minimum Gasteiger partial charge on any atom is -0.340 e. The average molecular weight is 364 g/mol. The third-order valence-electron chi connectivity index (χ3n) is 6.19. The number of hydrogen-bond donors (Lipinski definition) is 0. The Morgan fingerprint density at radius 2 is 2.04 bits per heavy atom. The molecule has 0 unspecified atom stereocenters. The Kier molecular flexibility index (Phi) is 4.25. The minimum atomic E-state index is -0.439. The highest BCUT2D eigenvalue weighted by molar-refractivity contribution is 7.99. The van der Waals surface area contributed by atoms with Crippen LogP contribution in [0.25, 0.3) is 0 Å². The van der Waals surface area contributed by atoms with Crippen LogP contribution in [0.5, 0.6) is 0 Å². The zero-order valence-corrected chi connectivity index (χ0v) is 15.5. The van der Waals surface area contributed by atoms with Gasteiger partial charge in [-0.05, 0) is 37.8 Å². The van der Waals surface area contributed by atoms with Gasteiger partial charge in [-0.3, -0.25) is 9.59 Å². The van der Waals surface area contributed by atoms with Gasteiger partial charge in [0.15, 0.2) is 5.69 Å². The lowest BCUT2D eigenvalue weighted by Gasteiger charge is -2.40. The summed E-state index contributed by atoms with van der Waals surface area (Å²) in [5.41, 5.74) is 0.356. The van der Waals surface area contributed by atoms with Gasteiger partial charge in [0.25, 0.3) is 5.91 Å². The van der Waals surface area contributed by atoms with Crippen molar-refractivity contribution in [2.75, 3.05) is 24.6 Å². The number of aromatic nitrogens is 2. The highest BCUT2D eigenvalue weighted by Crippen LogP contribution is 2.53. The summed E-state index contributed by atoms with van der Waals surface area (Å²) in [6.07, 6.45) is 3.40. The molecule has 25 heavy (non-hydrogen) atoms. The number of aryl methyl sites for hydroxylation is 1. The second-order valence-electron chi connectivity index (χ2n) is 7.28. The molecule has 1 aromatic heterocycles. The summed E-state index contributed by atoms with van der Waals surface area (Å²) in [5.74, 6) is 2.12. The number of nitrogens with zero attached hydrogens (tertiary/aromatic N) is 4. The molecule has 2 bridgehead atoms. The molecule has 7 nitrogen and oxygen atoms in total. The highest BCUT2D eigenvalue weighted by atomic mass is 32.2. The van der Waals surface area contributed by atoms with Gasteiger partial charge in [0.2, 0.25) is 5.91 Å². The van der Waals surface area contributed by atoms with Crippen LogP contribution in [0, 0.1) is 12.3 Å². The number of amides is 2. The summed E-state index contributed by atoms with van der Waals surface area (Å²) >= 11 is 1.90. The van der Waals surface area contributed by atoms with Crippen molar-refractivity contribution in [1.29, 1.82) is 0 Å². The van der Waals surface area contributed by atoms with E-state index < -0.39 is 5.41 Å². The summed E-state index contributed by atoms with van der Waals surface area (Å²) in [6, 6.07) is 0.0878. The molecule has 8 heteroatoms. The molecule has 3 fully saturated rings. The van der Waals surface area contributed by atoms with E-state index in [1.807, 2.05) is 21.6 Å². The first-order valence-corrected chi connectivity index (χ1v) is 10.2. The quantitative estimate of drug-likeness (QED) is 0.813. The van der Waals surface area contributed by atoms with Crippen LogP contribution in [0.4, 0.5) is 0 Å². The lowest BCUT2D eigenvalue weighted by Crippen LogP contribution is -2.53. The Morgan fingerprint density at radius 1 is 1.28 bits per heavy atom. The lowest BCUT2D eigenvalue weighted by molar-refractivity contribution is -0.143. The maximum absolute atomic E-state index is 13.4. The summed E-state index contributed by atoms with van der Waals surface area (Å²) < 4.78 is 4.71. The van der Waals surface area contributed by atoms with Gasteiger partial charge in [-0.25, -0.2) is 4.63 Å². The predicted molar refractivity (Wildman–Crippen MR) is 93.3 cm³/mol. The van der Waals surface area contributed by atoms with E-state index in [2.05, 4.69) is 17.2 Å². The summed E-state index contributed by atoms with van der Waals surface area (Å²) in [5, 5.41) is 7.52. The van der Waals surface area contributed by atoms with Gasteiger partial charge in [0.1, 0.15) is 5.69 Å². The number of carbonyl (C=O) groups excluding carboxylic acids is 2. The van der Waals surface area contributed by atoms with E-state index in [-0.39, 0.29) is 29.6 Å². The fourth-order valence-electron chi connectivity index (χ4n) is 4.88. The third kappa shape index (κ3) is 2.48. The molecule has 4 rings (SSSR count). The van der Waals surface area contributed by atoms with Crippen molar-refractivity contribution in [2.24, 2.45) is 5.41 Å². The third-order valence-corrected chi connectivity index (χ3v) is 7.13. The molecule has 3 saturated heterocycles. The normalized spacial score (nSPS) is 31.6. The van der Waals surface area contributed by atoms with Crippen LogP contribution >= 0.6 is 11.8 Å². The van der Waals surface area contributed by atoms with Gasteiger partial charge in [-0.15, -0.1) is 0 Å². The second-order valence-corrected chi connectivity index (χ2v) is 8.50. The Bertz CT molecular complexity index is 687. The molecule has 2 amide bonds. The number of thioether (sulfide) groups is 1. The fourth-order valence-corrected chi connectivity index (χ4v) is 5.78. The zero-order chi connectivity index (χ0) is 17.6. The minimum absolute atomic E-state index is 0.0341. The van der Waals surface area contributed by atoms with Crippen molar-refractivity contribution in [3.8, 4) is 0 Å². The van der Waals surface area contributed by atoms with Crippen LogP contribution in [0.2, 0.25) is 0 Å². The molecule has 3 atom stereocenters. The van der Waals surface area contributed by atoms with E-state index in [0.717, 1.165) is 50.3 Å². The molecule has 0 N–H and O–H groups in total. The molecule has 0 aromatic carbocycles. The summed E-state index contributed by atoms with van der Waals surface area (Å²) in [4.78, 5) is 30.4. The van der Waals surface area contributed by atoms with Gasteiger partial charge >= 0.3 is 0 Å². The van der Waals surface area contributed by atoms with Gasteiger partial charge in [0, 0.05) is 36.7 Å². The first kappa shape index (κ1) is 16.9. The Hall–Kier alpha value is -1.57. The van der Waals surface area contributed by atoms with E-state index in [1.54, 1.807) is 6.92 Å². The summed E-state index contributed by atoms with van der Waals surface area (Å²) in [6.45, 7) is 5.46. The van der Waals surface area contributed by atoms with E-state index in [4.69, 9.17) is 4.63 Å². The SMILES string of the molecule is CC[C@@]1(C(=O)N2CCSCC2)C[C@@H]2CC[C@H]1N2C(=O)c1nonc1C. The number of rotatable bonds is 3. The monoisotopic (exact) mass is 364 g/mol. The largest absolute Gasteiger partial charge is 0.340 e. The van der Waals surface area contributed by atoms with Gasteiger partial charge in [-0.2, -0.15) is 11.8 Å². The molecular formula is C17H24N4O3S. The molecule has 0 aliphatic carbocycles. The van der Waals surface area contributed by atoms with Gasteiger partial charge < -0.3 is 9.80 Å². The number of fused-ring (bicyclic) bond motifs is 2. The van der Waals surface area contributed by atoms with Crippen LogP contribution in [-0.4, -0.2) is 68.6 Å². The van der Waals surface area contributed by atoms with E-state index in [0.29, 0.717) is 5.69 Å². The van der Waals surface area contributed by atoms with E-state index >= 15 is 0 Å². The highest BCUT2D eigenvalue weighted by Gasteiger charge is 2.61. The Morgan fingerprint density at radius 3 is 2.68 bits per heavy atom. The predicted octanol–water partition coefficient (Wildman–Crippen LogP) is 1.73. The Balaban J connectivity index is 1.62. The topological polar surface area (TPSA) is 79.5 Å². The van der Waals surface area contributed by atoms with Crippen molar-refractivity contribution in [1.82, 2.24) is 20.1 Å². The van der Waals surface area contributed by atoms with E-state index in [1.165, 1.54) is 0 Å². The first-order valence-electron chi connectivity index (χ1n) is 9.07. The average Bonchev–Trinajstić information content (AvgIpc) is 3.34. The van der Waals surface area contributed by atoms with Crippen molar-refractivity contribution in [2.45, 2.75) is 51.6 Å². The van der Waals surface area contributed by atoms with Crippen LogP contribution in [0.3, 0.4) is 0 Å². The molecular weight excluding hydrogens is 340 g/mol. The molecule has 3 aliphatic heterocycles. The lowest BCUT2D eigenvalue weighted by atomic mass is 9.70. The molecule has 0 saturated carbocycles. The van der Waals surface area contributed by atoms with Crippen molar-refractivity contribution in [3.05, 3.63) is 11.4 Å². The number of hydrogen-bond acceptors (Lipinski definition) is 6. The van der Waals surface area contributed by atoms with E-state index in [9.17, 15) is 9.59 Å². The molecule has 136 valence electrons. The smallest absolute Gasteiger partial charge is 0.278 e. The van der Waals surface area contributed by atoms with Gasteiger partial charge in [0.05, 0.1) is 5.41 Å². The zero-order valence-electron chi connectivity index (χ0n) is 14.7.